The first-order valence-electron chi connectivity index (χ1n) is 10.7. The number of amides is 2. The number of aryl methyl sites for hydroxylation is 1. The third-order valence-electron chi connectivity index (χ3n) is 5.41. The summed E-state index contributed by atoms with van der Waals surface area (Å²) in [5.74, 6) is 0.150. The average molecular weight is 465 g/mol. The van der Waals surface area contributed by atoms with E-state index in [2.05, 4.69) is 41.0 Å². The van der Waals surface area contributed by atoms with Crippen molar-refractivity contribution in [2.45, 2.75) is 31.2 Å². The molecule has 0 spiro atoms. The number of carbonyl (C=O) groups is 2. The highest BCUT2D eigenvalue weighted by Crippen LogP contribution is 2.40. The van der Waals surface area contributed by atoms with Crippen molar-refractivity contribution in [3.05, 3.63) is 42.5 Å². The summed E-state index contributed by atoms with van der Waals surface area (Å²) in [4.78, 5) is 42.3. The van der Waals surface area contributed by atoms with Crippen molar-refractivity contribution in [2.75, 3.05) is 23.8 Å². The molecule has 3 N–H and O–H groups in total. The van der Waals surface area contributed by atoms with Crippen LogP contribution in [0.15, 0.2) is 31.1 Å². The van der Waals surface area contributed by atoms with Gasteiger partial charge in [0.1, 0.15) is 12.0 Å². The molecule has 0 aromatic carbocycles. The third kappa shape index (κ3) is 4.64. The predicted molar refractivity (Wildman–Crippen MR) is 119 cm³/mol. The molecule has 1 saturated carbocycles. The van der Waals surface area contributed by atoms with Gasteiger partial charge in [0, 0.05) is 13.0 Å². The molecule has 0 atom stereocenters. The lowest BCUT2D eigenvalue weighted by molar-refractivity contribution is -0.0594. The Kier molecular flexibility index (Phi) is 5.53. The summed E-state index contributed by atoms with van der Waals surface area (Å²) in [7, 11) is 1.61. The van der Waals surface area contributed by atoms with Crippen LogP contribution in [-0.4, -0.2) is 60.5 Å². The lowest BCUT2D eigenvalue weighted by Gasteiger charge is -2.38. The first-order chi connectivity index (χ1) is 16.4. The van der Waals surface area contributed by atoms with Crippen molar-refractivity contribution in [1.29, 1.82) is 0 Å². The van der Waals surface area contributed by atoms with E-state index in [0.717, 1.165) is 18.5 Å². The monoisotopic (exact) mass is 465 g/mol. The summed E-state index contributed by atoms with van der Waals surface area (Å²) < 4.78 is 12.1. The zero-order chi connectivity index (χ0) is 23.7. The number of carbonyl (C=O) groups excluding carboxylic acids is 2. The van der Waals surface area contributed by atoms with Gasteiger partial charge in [0.15, 0.2) is 5.82 Å². The normalized spacial score (nSPS) is 16.3. The summed E-state index contributed by atoms with van der Waals surface area (Å²) in [6.07, 6.45) is 8.73. The van der Waals surface area contributed by atoms with E-state index in [1.54, 1.807) is 25.6 Å². The lowest BCUT2D eigenvalue weighted by Crippen LogP contribution is -2.60. The quantitative estimate of drug-likeness (QED) is 0.469. The Morgan fingerprint density at radius 3 is 2.62 bits per heavy atom. The molecule has 1 aliphatic carbocycles. The minimum absolute atomic E-state index is 0.000210. The second-order valence-electron chi connectivity index (χ2n) is 8.53. The minimum atomic E-state index is -0.838. The van der Waals surface area contributed by atoms with Gasteiger partial charge in [0.25, 0.3) is 11.8 Å². The second kappa shape index (κ2) is 8.67. The van der Waals surface area contributed by atoms with Crippen molar-refractivity contribution in [2.24, 2.45) is 7.05 Å². The van der Waals surface area contributed by atoms with Crippen LogP contribution in [0, 0.1) is 0 Å². The Morgan fingerprint density at radius 2 is 1.94 bits per heavy atom. The van der Waals surface area contributed by atoms with E-state index in [-0.39, 0.29) is 29.0 Å². The number of nitrogens with zero attached hydrogens (tertiary/aromatic N) is 6. The van der Waals surface area contributed by atoms with Gasteiger partial charge in [-0.05, 0) is 19.8 Å². The highest BCUT2D eigenvalue weighted by molar-refractivity contribution is 6.01. The molecule has 13 heteroatoms. The van der Waals surface area contributed by atoms with Crippen molar-refractivity contribution in [3.63, 3.8) is 0 Å². The van der Waals surface area contributed by atoms with Crippen LogP contribution in [-0.2, 0) is 11.8 Å². The molecule has 176 valence electrons. The van der Waals surface area contributed by atoms with E-state index in [0.29, 0.717) is 24.8 Å². The molecule has 1 aliphatic heterocycles. The van der Waals surface area contributed by atoms with Crippen LogP contribution < -0.4 is 20.7 Å². The Morgan fingerprint density at radius 1 is 1.18 bits per heavy atom. The molecule has 5 rings (SSSR count). The molecule has 2 fully saturated rings. The maximum Gasteiger partial charge on any atom is 0.418 e. The number of hydrogen-bond acceptors (Lipinski definition) is 10. The van der Waals surface area contributed by atoms with E-state index in [1.807, 2.05) is 6.92 Å². The van der Waals surface area contributed by atoms with Crippen molar-refractivity contribution >= 4 is 29.2 Å². The molecule has 3 aromatic rings. The van der Waals surface area contributed by atoms with Gasteiger partial charge in [-0.25, -0.2) is 24.7 Å². The molecular weight excluding hydrogens is 442 g/mol. The van der Waals surface area contributed by atoms with Crippen LogP contribution in [0.2, 0.25) is 0 Å². The zero-order valence-electron chi connectivity index (χ0n) is 18.6. The number of anilines is 3. The molecule has 34 heavy (non-hydrogen) atoms. The van der Waals surface area contributed by atoms with E-state index < -0.39 is 11.6 Å². The summed E-state index contributed by atoms with van der Waals surface area (Å²) >= 11 is 0. The summed E-state index contributed by atoms with van der Waals surface area (Å²) in [6, 6.07) is 0. The molecule has 0 bridgehead atoms. The molecule has 0 radical (unpaired) electrons. The fourth-order valence-corrected chi connectivity index (χ4v) is 3.45. The molecule has 3 aromatic heterocycles. The highest BCUT2D eigenvalue weighted by Gasteiger charge is 2.36. The molecule has 1 saturated heterocycles. The Bertz CT molecular complexity index is 1220. The van der Waals surface area contributed by atoms with Gasteiger partial charge in [0.2, 0.25) is 0 Å². The van der Waals surface area contributed by atoms with Gasteiger partial charge in [-0.15, -0.1) is 0 Å². The fraction of sp³-hybridized carbons (Fsp3) is 0.381. The SMILES string of the molecule is Cn1ncc(NC(=O)Oc2nc(C3CC3)cnc2Nc2cncnc2)c1C(=O)NC1(C)COC1. The maximum atomic E-state index is 12.8. The fourth-order valence-electron chi connectivity index (χ4n) is 3.45. The smallest absolute Gasteiger partial charge is 0.387 e. The van der Waals surface area contributed by atoms with Gasteiger partial charge in [-0.2, -0.15) is 5.10 Å². The molecule has 2 aliphatic rings. The van der Waals surface area contributed by atoms with Gasteiger partial charge in [-0.3, -0.25) is 14.8 Å². The number of aromatic nitrogens is 6. The number of rotatable bonds is 7. The standard InChI is InChI=1S/C21H23N9O4/c1-21(9-33-10-21)29-18(31)16-15(8-25-30(16)2)28-20(32)34-19-17(26-13-5-22-11-23-6-13)24-7-14(27-19)12-3-4-12/h5-8,11-12H,3-4,9-10H2,1-2H3,(H,24,26)(H,28,32)(H,29,31). The second-order valence-corrected chi connectivity index (χ2v) is 8.53. The average Bonchev–Trinajstić information content (AvgIpc) is 3.58. The minimum Gasteiger partial charge on any atom is -0.387 e. The Labute approximate surface area is 194 Å². The van der Waals surface area contributed by atoms with Crippen LogP contribution in [0.4, 0.5) is 22.0 Å². The summed E-state index contributed by atoms with van der Waals surface area (Å²) in [6.45, 7) is 2.71. The maximum absolute atomic E-state index is 12.8. The van der Waals surface area contributed by atoms with Crippen LogP contribution in [0.25, 0.3) is 0 Å². The van der Waals surface area contributed by atoms with Crippen molar-refractivity contribution < 1.29 is 19.1 Å². The van der Waals surface area contributed by atoms with E-state index >= 15 is 0 Å². The lowest BCUT2D eigenvalue weighted by atomic mass is 10.0. The largest absolute Gasteiger partial charge is 0.418 e. The van der Waals surface area contributed by atoms with Gasteiger partial charge >= 0.3 is 6.09 Å². The zero-order valence-corrected chi connectivity index (χ0v) is 18.6. The van der Waals surface area contributed by atoms with Crippen LogP contribution in [0.3, 0.4) is 0 Å². The van der Waals surface area contributed by atoms with E-state index in [4.69, 9.17) is 9.47 Å². The summed E-state index contributed by atoms with van der Waals surface area (Å²) in [5.41, 5.74) is 1.23. The summed E-state index contributed by atoms with van der Waals surface area (Å²) in [5, 5.41) is 12.6. The van der Waals surface area contributed by atoms with Gasteiger partial charge < -0.3 is 20.1 Å². The molecule has 4 heterocycles. The first kappa shape index (κ1) is 21.7. The van der Waals surface area contributed by atoms with Crippen LogP contribution in [0.5, 0.6) is 5.88 Å². The number of hydrogen-bond donors (Lipinski definition) is 3. The molecule has 13 nitrogen and oxygen atoms in total. The van der Waals surface area contributed by atoms with Crippen molar-refractivity contribution in [3.8, 4) is 5.88 Å². The topological polar surface area (TPSA) is 158 Å². The van der Waals surface area contributed by atoms with Gasteiger partial charge in [-0.1, -0.05) is 0 Å². The van der Waals surface area contributed by atoms with E-state index in [9.17, 15) is 9.59 Å². The molecule has 2 amide bonds. The molecule has 0 unspecified atom stereocenters. The predicted octanol–water partition coefficient (Wildman–Crippen LogP) is 1.75. The molecular formula is C21H23N9O4. The third-order valence-corrected chi connectivity index (χ3v) is 5.41. The Balaban J connectivity index is 1.33. The van der Waals surface area contributed by atoms with E-state index in [1.165, 1.54) is 17.2 Å². The van der Waals surface area contributed by atoms with Gasteiger partial charge in [0.05, 0.1) is 60.6 Å². The first-order valence-corrected chi connectivity index (χ1v) is 10.7. The highest BCUT2D eigenvalue weighted by atomic mass is 16.6. The van der Waals surface area contributed by atoms with Crippen molar-refractivity contribution in [1.82, 2.24) is 35.0 Å². The van der Waals surface area contributed by atoms with Crippen LogP contribution in [0.1, 0.15) is 41.9 Å². The Hall–Kier alpha value is -4.13. The number of ether oxygens (including phenoxy) is 2. The van der Waals surface area contributed by atoms with Crippen LogP contribution >= 0.6 is 0 Å². The number of nitrogens with one attached hydrogen (secondary N) is 3.